The highest BCUT2D eigenvalue weighted by atomic mass is 16.5. The molecule has 1 aromatic heterocycles. The fraction of sp³-hybridized carbons (Fsp3) is 0.538. The van der Waals surface area contributed by atoms with Gasteiger partial charge in [0.15, 0.2) is 0 Å². The van der Waals surface area contributed by atoms with Crippen LogP contribution in [-0.4, -0.2) is 49.8 Å². The summed E-state index contributed by atoms with van der Waals surface area (Å²) in [7, 11) is 1.61. The van der Waals surface area contributed by atoms with Gasteiger partial charge in [-0.2, -0.15) is 0 Å². The normalized spacial score (nSPS) is 22.2. The number of aromatic nitrogens is 1. The second-order valence-corrected chi connectivity index (χ2v) is 4.41. The minimum absolute atomic E-state index is 0.00220. The maximum atomic E-state index is 11.8. The van der Waals surface area contributed by atoms with Crippen molar-refractivity contribution in [3.05, 3.63) is 24.5 Å². The van der Waals surface area contributed by atoms with Crippen LogP contribution in [0.1, 0.15) is 6.42 Å². The SMILES string of the molecule is COCCNC(=O)[C@@H]1C[C@H](Oc2cccnc2)CN1. The number of amides is 1. The number of carbonyl (C=O) groups is 1. The average molecular weight is 265 g/mol. The zero-order valence-electron chi connectivity index (χ0n) is 11.0. The Labute approximate surface area is 112 Å². The number of ether oxygens (including phenoxy) is 2. The molecule has 0 unspecified atom stereocenters. The van der Waals surface area contributed by atoms with Crippen LogP contribution >= 0.6 is 0 Å². The van der Waals surface area contributed by atoms with Gasteiger partial charge in [0.2, 0.25) is 5.91 Å². The van der Waals surface area contributed by atoms with Gasteiger partial charge in [0, 0.05) is 32.8 Å². The summed E-state index contributed by atoms with van der Waals surface area (Å²) in [6, 6.07) is 3.49. The van der Waals surface area contributed by atoms with Gasteiger partial charge in [-0.1, -0.05) is 0 Å². The molecule has 0 radical (unpaired) electrons. The fourth-order valence-corrected chi connectivity index (χ4v) is 2.00. The number of hydrogen-bond acceptors (Lipinski definition) is 5. The van der Waals surface area contributed by atoms with E-state index in [0.717, 1.165) is 5.75 Å². The third kappa shape index (κ3) is 4.18. The standard InChI is InChI=1S/C13H19N3O3/c1-18-6-5-15-13(17)12-7-11(9-16-12)19-10-3-2-4-14-8-10/h2-4,8,11-12,16H,5-7,9H2,1H3,(H,15,17)/t11-,12-/m0/s1. The van der Waals surface area contributed by atoms with Crippen LogP contribution in [0.15, 0.2) is 24.5 Å². The van der Waals surface area contributed by atoms with Crippen LogP contribution in [0.25, 0.3) is 0 Å². The molecule has 104 valence electrons. The van der Waals surface area contributed by atoms with E-state index < -0.39 is 0 Å². The van der Waals surface area contributed by atoms with E-state index in [1.807, 2.05) is 12.1 Å². The second kappa shape index (κ2) is 7.06. The predicted molar refractivity (Wildman–Crippen MR) is 69.9 cm³/mol. The van der Waals surface area contributed by atoms with Crippen molar-refractivity contribution in [2.45, 2.75) is 18.6 Å². The van der Waals surface area contributed by atoms with Crippen molar-refractivity contribution >= 4 is 5.91 Å². The number of hydrogen-bond donors (Lipinski definition) is 2. The van der Waals surface area contributed by atoms with E-state index in [2.05, 4.69) is 15.6 Å². The van der Waals surface area contributed by atoms with Gasteiger partial charge in [-0.15, -0.1) is 0 Å². The number of pyridine rings is 1. The second-order valence-electron chi connectivity index (χ2n) is 4.41. The Bertz CT molecular complexity index is 399. The quantitative estimate of drug-likeness (QED) is 0.706. The maximum Gasteiger partial charge on any atom is 0.237 e. The van der Waals surface area contributed by atoms with Gasteiger partial charge < -0.3 is 20.1 Å². The zero-order valence-corrected chi connectivity index (χ0v) is 11.0. The molecule has 0 aliphatic carbocycles. The summed E-state index contributed by atoms with van der Waals surface area (Å²) >= 11 is 0. The zero-order chi connectivity index (χ0) is 13.5. The number of rotatable bonds is 6. The van der Waals surface area contributed by atoms with Gasteiger partial charge in [0.25, 0.3) is 0 Å². The molecule has 0 bridgehead atoms. The highest BCUT2D eigenvalue weighted by molar-refractivity contribution is 5.82. The molecule has 0 saturated carbocycles. The summed E-state index contributed by atoms with van der Waals surface area (Å²) in [6.45, 7) is 1.72. The fourth-order valence-electron chi connectivity index (χ4n) is 2.00. The summed E-state index contributed by atoms with van der Waals surface area (Å²) < 4.78 is 10.6. The van der Waals surface area contributed by atoms with Crippen molar-refractivity contribution in [1.82, 2.24) is 15.6 Å². The lowest BCUT2D eigenvalue weighted by molar-refractivity contribution is -0.123. The van der Waals surface area contributed by atoms with Crippen LogP contribution in [-0.2, 0) is 9.53 Å². The Morgan fingerprint density at radius 2 is 2.53 bits per heavy atom. The van der Waals surface area contributed by atoms with Crippen molar-refractivity contribution in [3.63, 3.8) is 0 Å². The highest BCUT2D eigenvalue weighted by Crippen LogP contribution is 2.15. The van der Waals surface area contributed by atoms with E-state index in [0.29, 0.717) is 26.1 Å². The Kier molecular flexibility index (Phi) is 5.11. The Morgan fingerprint density at radius 1 is 1.63 bits per heavy atom. The van der Waals surface area contributed by atoms with Gasteiger partial charge in [-0.3, -0.25) is 9.78 Å². The maximum absolute atomic E-state index is 11.8. The van der Waals surface area contributed by atoms with Crippen LogP contribution in [0.4, 0.5) is 0 Å². The largest absolute Gasteiger partial charge is 0.487 e. The molecule has 1 aliphatic rings. The van der Waals surface area contributed by atoms with Crippen LogP contribution in [0.2, 0.25) is 0 Å². The van der Waals surface area contributed by atoms with Gasteiger partial charge in [0.1, 0.15) is 11.9 Å². The summed E-state index contributed by atoms with van der Waals surface area (Å²) in [5.74, 6) is 0.726. The molecule has 1 amide bonds. The topological polar surface area (TPSA) is 72.5 Å². The molecule has 0 aromatic carbocycles. The van der Waals surface area contributed by atoms with Gasteiger partial charge in [0.05, 0.1) is 18.8 Å². The van der Waals surface area contributed by atoms with E-state index >= 15 is 0 Å². The van der Waals surface area contributed by atoms with Crippen LogP contribution in [0.5, 0.6) is 5.75 Å². The van der Waals surface area contributed by atoms with Crippen LogP contribution in [0.3, 0.4) is 0 Å². The summed E-state index contributed by atoms with van der Waals surface area (Å²) in [6.07, 6.45) is 4.04. The molecule has 1 fully saturated rings. The molecule has 1 saturated heterocycles. The molecule has 2 heterocycles. The van der Waals surface area contributed by atoms with Gasteiger partial charge in [-0.05, 0) is 12.1 Å². The first-order valence-corrected chi connectivity index (χ1v) is 6.36. The number of nitrogens with one attached hydrogen (secondary N) is 2. The molecule has 6 heteroatoms. The molecule has 19 heavy (non-hydrogen) atoms. The first-order chi connectivity index (χ1) is 9.29. The summed E-state index contributed by atoms with van der Waals surface area (Å²) in [5, 5.41) is 5.97. The molecule has 1 aliphatic heterocycles. The first kappa shape index (κ1) is 13.8. The third-order valence-electron chi connectivity index (χ3n) is 2.95. The molecule has 2 rings (SSSR count). The molecule has 0 spiro atoms. The van der Waals surface area contributed by atoms with E-state index in [1.54, 1.807) is 19.5 Å². The van der Waals surface area contributed by atoms with Crippen molar-refractivity contribution in [1.29, 1.82) is 0 Å². The minimum atomic E-state index is -0.196. The van der Waals surface area contributed by atoms with Crippen LogP contribution in [0, 0.1) is 0 Å². The molecule has 2 N–H and O–H groups in total. The molecular weight excluding hydrogens is 246 g/mol. The van der Waals surface area contributed by atoms with E-state index in [9.17, 15) is 4.79 Å². The minimum Gasteiger partial charge on any atom is -0.487 e. The Balaban J connectivity index is 1.75. The van der Waals surface area contributed by atoms with Gasteiger partial charge >= 0.3 is 0 Å². The lowest BCUT2D eigenvalue weighted by Gasteiger charge is -2.12. The number of carbonyl (C=O) groups excluding carboxylic acids is 1. The van der Waals surface area contributed by atoms with Crippen LogP contribution < -0.4 is 15.4 Å². The van der Waals surface area contributed by atoms with E-state index in [-0.39, 0.29) is 18.1 Å². The summed E-state index contributed by atoms with van der Waals surface area (Å²) in [4.78, 5) is 15.8. The number of methoxy groups -OCH3 is 1. The first-order valence-electron chi connectivity index (χ1n) is 6.36. The highest BCUT2D eigenvalue weighted by Gasteiger charge is 2.30. The monoisotopic (exact) mass is 265 g/mol. The van der Waals surface area contributed by atoms with Crippen molar-refractivity contribution in [3.8, 4) is 5.75 Å². The Hall–Kier alpha value is -1.66. The lowest BCUT2D eigenvalue weighted by atomic mass is 10.2. The molecular formula is C13H19N3O3. The van der Waals surface area contributed by atoms with Crippen molar-refractivity contribution in [2.75, 3.05) is 26.8 Å². The number of nitrogens with zero attached hydrogens (tertiary/aromatic N) is 1. The van der Waals surface area contributed by atoms with Crippen molar-refractivity contribution in [2.24, 2.45) is 0 Å². The molecule has 1 aromatic rings. The van der Waals surface area contributed by atoms with Crippen molar-refractivity contribution < 1.29 is 14.3 Å². The van der Waals surface area contributed by atoms with E-state index in [1.165, 1.54) is 0 Å². The summed E-state index contributed by atoms with van der Waals surface area (Å²) in [5.41, 5.74) is 0. The predicted octanol–water partition coefficient (Wildman–Crippen LogP) is -0.0465. The smallest absolute Gasteiger partial charge is 0.237 e. The lowest BCUT2D eigenvalue weighted by Crippen LogP contribution is -2.41. The van der Waals surface area contributed by atoms with E-state index in [4.69, 9.17) is 9.47 Å². The Morgan fingerprint density at radius 3 is 3.26 bits per heavy atom. The average Bonchev–Trinajstić information content (AvgIpc) is 2.89. The molecule has 2 atom stereocenters. The third-order valence-corrected chi connectivity index (χ3v) is 2.95. The molecule has 6 nitrogen and oxygen atoms in total. The van der Waals surface area contributed by atoms with Gasteiger partial charge in [-0.25, -0.2) is 0 Å².